The fraction of sp³-hybridized carbons (Fsp3) is 0.750. The summed E-state index contributed by atoms with van der Waals surface area (Å²) in [7, 11) is 1.94. The molecule has 0 unspecified atom stereocenters. The third kappa shape index (κ3) is 2.47. The molecule has 1 fully saturated rings. The molecule has 0 aromatic carbocycles. The number of alkyl halides is 1. The van der Waals surface area contributed by atoms with Gasteiger partial charge in [0.2, 0.25) is 0 Å². The summed E-state index contributed by atoms with van der Waals surface area (Å²) in [6.45, 7) is 2.81. The summed E-state index contributed by atoms with van der Waals surface area (Å²) in [5.41, 5.74) is 2.15. The molecule has 0 bridgehead atoms. The Morgan fingerprint density at radius 2 is 2.18 bits per heavy atom. The van der Waals surface area contributed by atoms with E-state index in [-0.39, 0.29) is 5.54 Å². The summed E-state index contributed by atoms with van der Waals surface area (Å²) in [6.07, 6.45) is 4.45. The monoisotopic (exact) mass is 275 g/mol. The van der Waals surface area contributed by atoms with Gasteiger partial charge in [0.05, 0.1) is 16.4 Å². The maximum atomic E-state index is 6.31. The Bertz CT molecular complexity index is 391. The summed E-state index contributed by atoms with van der Waals surface area (Å²) in [4.78, 5) is 0. The van der Waals surface area contributed by atoms with Gasteiger partial charge in [-0.25, -0.2) is 0 Å². The zero-order valence-electron chi connectivity index (χ0n) is 10.4. The van der Waals surface area contributed by atoms with Gasteiger partial charge in [0.25, 0.3) is 0 Å². The Kier molecular flexibility index (Phi) is 4.01. The predicted octanol–water partition coefficient (Wildman–Crippen LogP) is 2.89. The number of halogens is 2. The molecular weight excluding hydrogens is 257 g/mol. The minimum atomic E-state index is 0.127. The molecule has 0 aliphatic heterocycles. The fourth-order valence-corrected chi connectivity index (χ4v) is 2.97. The van der Waals surface area contributed by atoms with Gasteiger partial charge in [0.1, 0.15) is 0 Å². The van der Waals surface area contributed by atoms with E-state index in [0.717, 1.165) is 42.2 Å². The number of hydrogen-bond acceptors (Lipinski definition) is 2. The first kappa shape index (κ1) is 13.2. The molecule has 5 heteroatoms. The number of hydrogen-bond donors (Lipinski definition) is 1. The van der Waals surface area contributed by atoms with E-state index >= 15 is 0 Å². The predicted molar refractivity (Wildman–Crippen MR) is 71.7 cm³/mol. The van der Waals surface area contributed by atoms with E-state index in [0.29, 0.717) is 5.88 Å². The number of nitrogens with zero attached hydrogens (tertiary/aromatic N) is 2. The van der Waals surface area contributed by atoms with Crippen molar-refractivity contribution in [3.05, 3.63) is 16.4 Å². The molecular formula is C12H19Cl2N3. The van der Waals surface area contributed by atoms with Crippen molar-refractivity contribution in [2.24, 2.45) is 7.05 Å². The lowest BCUT2D eigenvalue weighted by atomic mass is 9.78. The molecule has 0 atom stereocenters. The molecule has 17 heavy (non-hydrogen) atoms. The largest absolute Gasteiger partial charge is 0.304 e. The topological polar surface area (TPSA) is 29.9 Å². The van der Waals surface area contributed by atoms with Crippen LogP contribution in [0.5, 0.6) is 0 Å². The Morgan fingerprint density at radius 3 is 2.59 bits per heavy atom. The second-order valence-electron chi connectivity index (χ2n) is 4.81. The van der Waals surface area contributed by atoms with Crippen LogP contribution in [0.15, 0.2) is 0 Å². The number of rotatable bonds is 5. The van der Waals surface area contributed by atoms with Crippen molar-refractivity contribution in [1.82, 2.24) is 15.1 Å². The van der Waals surface area contributed by atoms with Gasteiger partial charge in [-0.1, -0.05) is 18.5 Å². The van der Waals surface area contributed by atoms with Crippen molar-refractivity contribution < 1.29 is 0 Å². The van der Waals surface area contributed by atoms with Crippen molar-refractivity contribution in [2.45, 2.75) is 44.7 Å². The smallest absolute Gasteiger partial charge is 0.0863 e. The van der Waals surface area contributed by atoms with Crippen LogP contribution < -0.4 is 5.32 Å². The van der Waals surface area contributed by atoms with Crippen LogP contribution in [-0.4, -0.2) is 21.2 Å². The molecule has 1 heterocycles. The Balaban J connectivity index is 2.06. The van der Waals surface area contributed by atoms with E-state index in [1.807, 2.05) is 11.7 Å². The zero-order chi connectivity index (χ0) is 12.5. The van der Waals surface area contributed by atoms with E-state index < -0.39 is 0 Å². The van der Waals surface area contributed by atoms with Gasteiger partial charge in [0.15, 0.2) is 0 Å². The highest BCUT2D eigenvalue weighted by atomic mass is 35.5. The van der Waals surface area contributed by atoms with Crippen LogP contribution in [0, 0.1) is 0 Å². The van der Waals surface area contributed by atoms with Gasteiger partial charge in [-0.2, -0.15) is 5.10 Å². The molecule has 1 N–H and O–H groups in total. The molecule has 0 saturated heterocycles. The quantitative estimate of drug-likeness (QED) is 0.838. The Labute approximate surface area is 112 Å². The van der Waals surface area contributed by atoms with Gasteiger partial charge in [-0.05, 0) is 25.7 Å². The molecule has 1 saturated carbocycles. The lowest BCUT2D eigenvalue weighted by Crippen LogP contribution is -2.52. The molecule has 96 valence electrons. The van der Waals surface area contributed by atoms with Gasteiger partial charge in [0, 0.05) is 25.0 Å². The molecule has 0 amide bonds. The third-order valence-corrected chi connectivity index (χ3v) is 4.65. The maximum absolute atomic E-state index is 6.31. The van der Waals surface area contributed by atoms with Gasteiger partial charge in [-0.15, -0.1) is 11.6 Å². The summed E-state index contributed by atoms with van der Waals surface area (Å²) >= 11 is 12.3. The number of aryl methyl sites for hydroxylation is 2. The van der Waals surface area contributed by atoms with Crippen molar-refractivity contribution in [2.75, 3.05) is 5.88 Å². The van der Waals surface area contributed by atoms with E-state index in [1.165, 1.54) is 6.42 Å². The normalized spacial score (nSPS) is 18.1. The SMILES string of the molecule is CCc1nn(C)c(CNC2(CCl)CCC2)c1Cl. The number of nitrogens with one attached hydrogen (secondary N) is 1. The van der Waals surface area contributed by atoms with Gasteiger partial charge in [-0.3, -0.25) is 4.68 Å². The standard InChI is InChI=1S/C12H19Cl2N3/c1-3-9-11(14)10(17(2)16-9)7-15-12(8-13)5-4-6-12/h15H,3-8H2,1-2H3. The molecule has 1 aromatic heterocycles. The van der Waals surface area contributed by atoms with E-state index in [9.17, 15) is 0 Å². The first-order valence-corrected chi connectivity index (χ1v) is 7.04. The van der Waals surface area contributed by atoms with Crippen LogP contribution >= 0.6 is 23.2 Å². The summed E-state index contributed by atoms with van der Waals surface area (Å²) in [5, 5.41) is 8.75. The molecule has 0 spiro atoms. The summed E-state index contributed by atoms with van der Waals surface area (Å²) in [6, 6.07) is 0. The highest BCUT2D eigenvalue weighted by Gasteiger charge is 2.35. The van der Waals surface area contributed by atoms with Gasteiger partial charge < -0.3 is 5.32 Å². The fourth-order valence-electron chi connectivity index (χ4n) is 2.24. The molecule has 1 aliphatic carbocycles. The third-order valence-electron chi connectivity index (χ3n) is 3.70. The van der Waals surface area contributed by atoms with Crippen molar-refractivity contribution >= 4 is 23.2 Å². The first-order chi connectivity index (χ1) is 8.12. The molecule has 2 rings (SSSR count). The molecule has 1 aliphatic rings. The number of aromatic nitrogens is 2. The van der Waals surface area contributed by atoms with Crippen LogP contribution in [0.25, 0.3) is 0 Å². The van der Waals surface area contributed by atoms with E-state index in [1.54, 1.807) is 0 Å². The highest BCUT2D eigenvalue weighted by Crippen LogP contribution is 2.33. The van der Waals surface area contributed by atoms with Crippen molar-refractivity contribution in [1.29, 1.82) is 0 Å². The van der Waals surface area contributed by atoms with Crippen molar-refractivity contribution in [3.63, 3.8) is 0 Å². The lowest BCUT2D eigenvalue weighted by molar-refractivity contribution is 0.209. The molecule has 0 radical (unpaired) electrons. The van der Waals surface area contributed by atoms with Crippen LogP contribution in [0.1, 0.15) is 37.6 Å². The average Bonchev–Trinajstić information content (AvgIpc) is 2.54. The Hall–Kier alpha value is -0.250. The van der Waals surface area contributed by atoms with E-state index in [2.05, 4.69) is 17.3 Å². The van der Waals surface area contributed by atoms with Gasteiger partial charge >= 0.3 is 0 Å². The van der Waals surface area contributed by atoms with E-state index in [4.69, 9.17) is 23.2 Å². The van der Waals surface area contributed by atoms with Crippen LogP contribution in [0.2, 0.25) is 5.02 Å². The molecule has 3 nitrogen and oxygen atoms in total. The Morgan fingerprint density at radius 1 is 1.47 bits per heavy atom. The summed E-state index contributed by atoms with van der Waals surface area (Å²) < 4.78 is 1.87. The van der Waals surface area contributed by atoms with Crippen LogP contribution in [-0.2, 0) is 20.0 Å². The second kappa shape index (κ2) is 5.17. The highest BCUT2D eigenvalue weighted by molar-refractivity contribution is 6.31. The summed E-state index contributed by atoms with van der Waals surface area (Å²) in [5.74, 6) is 0.670. The maximum Gasteiger partial charge on any atom is 0.0863 e. The van der Waals surface area contributed by atoms with Crippen LogP contribution in [0.4, 0.5) is 0 Å². The minimum absolute atomic E-state index is 0.127. The molecule has 1 aromatic rings. The minimum Gasteiger partial charge on any atom is -0.304 e. The van der Waals surface area contributed by atoms with Crippen molar-refractivity contribution in [3.8, 4) is 0 Å². The lowest BCUT2D eigenvalue weighted by Gasteiger charge is -2.41. The first-order valence-electron chi connectivity index (χ1n) is 6.13. The second-order valence-corrected chi connectivity index (χ2v) is 5.45. The average molecular weight is 276 g/mol. The zero-order valence-corrected chi connectivity index (χ0v) is 11.9. The van der Waals surface area contributed by atoms with Crippen LogP contribution in [0.3, 0.4) is 0 Å².